The largest absolute Gasteiger partial charge is 0.481 e. The van der Waals surface area contributed by atoms with Crippen LogP contribution in [0.4, 0.5) is 10.5 Å². The number of carbonyl (C=O) groups is 13. The van der Waals surface area contributed by atoms with Crippen LogP contribution in [0.25, 0.3) is 0 Å². The van der Waals surface area contributed by atoms with E-state index in [4.69, 9.17) is 21.6 Å². The number of nitrogens with one attached hydrogen (secondary N) is 13. The number of hydrogen-bond acceptors (Lipinski definition) is 15. The van der Waals surface area contributed by atoms with Crippen molar-refractivity contribution in [2.24, 2.45) is 35.1 Å². The highest BCUT2D eigenvalue weighted by Crippen LogP contribution is 2.14. The van der Waals surface area contributed by atoms with Gasteiger partial charge in [-0.3, -0.25) is 62.9 Å². The number of ether oxygens (including phenoxy) is 1. The van der Waals surface area contributed by atoms with Gasteiger partial charge in [0.2, 0.25) is 53.2 Å². The molecule has 488 valence electrons. The molecule has 0 saturated heterocycles. The molecule has 0 heterocycles. The molecule has 7 atom stereocenters. The van der Waals surface area contributed by atoms with Gasteiger partial charge in [0, 0.05) is 36.7 Å². The van der Waals surface area contributed by atoms with Crippen LogP contribution in [0.5, 0.6) is 0 Å². The van der Waals surface area contributed by atoms with E-state index in [-0.39, 0.29) is 112 Å². The highest BCUT2D eigenvalue weighted by molar-refractivity contribution is 6.01. The van der Waals surface area contributed by atoms with Crippen molar-refractivity contribution in [2.75, 3.05) is 38.2 Å². The summed E-state index contributed by atoms with van der Waals surface area (Å²) in [6.07, 6.45) is -0.433. The number of carboxylic acid groups (broad SMARTS) is 1. The van der Waals surface area contributed by atoms with E-state index in [9.17, 15) is 67.4 Å². The molecule has 0 aliphatic heterocycles. The Morgan fingerprint density at radius 3 is 1.66 bits per heavy atom. The van der Waals surface area contributed by atoms with Crippen LogP contribution in [0.3, 0.4) is 0 Å². The van der Waals surface area contributed by atoms with Crippen LogP contribution in [-0.2, 0) is 57.5 Å². The third-order valence-electron chi connectivity index (χ3n) is 12.9. The number of carboxylic acids is 1. The topological polar surface area (TPSA) is 472 Å². The summed E-state index contributed by atoms with van der Waals surface area (Å²) in [7, 11) is 0. The maximum absolute atomic E-state index is 14.2. The van der Waals surface area contributed by atoms with Gasteiger partial charge in [-0.25, -0.2) is 4.79 Å². The van der Waals surface area contributed by atoms with Crippen LogP contribution < -0.4 is 75.3 Å². The predicted molar refractivity (Wildman–Crippen MR) is 322 cm³/mol. The number of nitrogens with two attached hydrogens (primary N) is 2. The summed E-state index contributed by atoms with van der Waals surface area (Å²) in [6.45, 7) is 19.7. The standard InChI is InChI=1S/C57H95N15O15/c1-13-37(67-46(77)34(10)64-50(81)40(25-31(4)5)70-52(83)42(28-45(75)76)66-44(74)29-63-47(78)35-16-14-17-36(27-35)65-55(58)59)49(80)69-41(26-32(6)7)51(82)68-38(18-15-20-62-56(60)86)53(84)72-57(11,12)54(85)71-39(24-30(2)3)48(79)61-21-23-87-22-19-43(73)33(8)9/h14,16-17,27,30-34,37-42H,13,15,18-26,28-29H2,1-12H3,(H,61,79)(H,63,78)(H,64,81)(H,66,74)(H,67,77)(H,68,82)(H,69,80)(H,70,83)(H,71,85)(H,72,84)(H,75,76)(H4,58,59,65)(H3,60,62,86)/t34-,37-,38-,39-,40-,41-,42-/m0/s1. The molecule has 0 fully saturated rings. The Morgan fingerprint density at radius 2 is 1.13 bits per heavy atom. The molecule has 0 spiro atoms. The van der Waals surface area contributed by atoms with Crippen LogP contribution in [0.2, 0.25) is 0 Å². The van der Waals surface area contributed by atoms with Crippen LogP contribution in [-0.4, -0.2) is 169 Å². The normalized spacial score (nSPS) is 13.7. The molecular formula is C57H95N15O15. The Labute approximate surface area is 508 Å². The van der Waals surface area contributed by atoms with Gasteiger partial charge in [-0.1, -0.05) is 68.4 Å². The molecule has 0 saturated carbocycles. The van der Waals surface area contributed by atoms with Gasteiger partial charge in [0.1, 0.15) is 53.6 Å². The lowest BCUT2D eigenvalue weighted by molar-refractivity contribution is -0.141. The lowest BCUT2D eigenvalue weighted by Crippen LogP contribution is -2.63. The molecule has 1 rings (SSSR count). The molecule has 30 heteroatoms. The Hall–Kier alpha value is -8.44. The van der Waals surface area contributed by atoms with Crippen molar-refractivity contribution in [3.63, 3.8) is 0 Å². The van der Waals surface area contributed by atoms with Crippen molar-refractivity contribution < 1.29 is 72.2 Å². The summed E-state index contributed by atoms with van der Waals surface area (Å²) in [5.74, 6) is -10.6. The lowest BCUT2D eigenvalue weighted by atomic mass is 9.98. The van der Waals surface area contributed by atoms with Crippen LogP contribution in [0.1, 0.15) is 145 Å². The number of primary amides is 1. The summed E-state index contributed by atoms with van der Waals surface area (Å²) >= 11 is 0. The molecule has 1 aromatic carbocycles. The molecule has 0 radical (unpaired) electrons. The van der Waals surface area contributed by atoms with Gasteiger partial charge in [-0.2, -0.15) is 0 Å². The fraction of sp³-hybridized carbons (Fsp3) is 0.649. The number of amides is 12. The molecule has 0 unspecified atom stereocenters. The minimum atomic E-state index is -1.73. The molecule has 0 bridgehead atoms. The first-order valence-electron chi connectivity index (χ1n) is 29.1. The zero-order valence-electron chi connectivity index (χ0n) is 52.2. The number of rotatable bonds is 40. The van der Waals surface area contributed by atoms with Gasteiger partial charge in [-0.05, 0) is 95.2 Å². The summed E-state index contributed by atoms with van der Waals surface area (Å²) in [5.41, 5.74) is 9.31. The average molecular weight is 1230 g/mol. The van der Waals surface area contributed by atoms with E-state index in [0.717, 1.165) is 0 Å². The van der Waals surface area contributed by atoms with Crippen molar-refractivity contribution in [1.82, 2.24) is 58.5 Å². The highest BCUT2D eigenvalue weighted by atomic mass is 16.5. The van der Waals surface area contributed by atoms with E-state index in [1.54, 1.807) is 54.5 Å². The van der Waals surface area contributed by atoms with Crippen LogP contribution in [0.15, 0.2) is 24.3 Å². The zero-order chi connectivity index (χ0) is 66.3. The SMILES string of the molecule is CC[C@H](NC(=O)[C@H](C)NC(=O)[C@H](CC(C)C)NC(=O)[C@H](CC(=O)O)NC(=O)CNC(=O)c1cccc(NC(=N)N)c1)C(=O)N[C@@H](CC(C)C)C(=O)N[C@@H](CCCNC(N)=O)C(=O)NC(C)(C)C(=O)N[C@@H](CC(C)C)C(=O)NCCOCCC(=O)C(C)C. The number of guanidine groups is 1. The minimum absolute atomic E-state index is 0.000202. The summed E-state index contributed by atoms with van der Waals surface area (Å²) in [6, 6.07) is -4.43. The lowest BCUT2D eigenvalue weighted by Gasteiger charge is -2.31. The fourth-order valence-corrected chi connectivity index (χ4v) is 8.25. The van der Waals surface area contributed by atoms with Gasteiger partial charge >= 0.3 is 12.0 Å². The van der Waals surface area contributed by atoms with Crippen molar-refractivity contribution in [3.8, 4) is 0 Å². The van der Waals surface area contributed by atoms with E-state index in [1.165, 1.54) is 39.0 Å². The quantitative estimate of drug-likeness (QED) is 0.0218. The molecule has 0 aliphatic carbocycles. The van der Waals surface area contributed by atoms with Gasteiger partial charge < -0.3 is 85.1 Å². The van der Waals surface area contributed by atoms with Crippen molar-refractivity contribution in [1.29, 1.82) is 5.41 Å². The Balaban J connectivity index is 3.20. The van der Waals surface area contributed by atoms with Crippen LogP contribution >= 0.6 is 0 Å². The number of ketones is 1. The first kappa shape index (κ1) is 76.6. The first-order chi connectivity index (χ1) is 40.6. The average Bonchev–Trinajstić information content (AvgIpc) is 3.50. The fourth-order valence-electron chi connectivity index (χ4n) is 8.25. The zero-order valence-corrected chi connectivity index (χ0v) is 52.2. The van der Waals surface area contributed by atoms with Gasteiger partial charge in [0.05, 0.1) is 26.2 Å². The van der Waals surface area contributed by atoms with E-state index in [0.29, 0.717) is 5.69 Å². The molecule has 18 N–H and O–H groups in total. The van der Waals surface area contributed by atoms with Crippen molar-refractivity contribution in [3.05, 3.63) is 29.8 Å². The van der Waals surface area contributed by atoms with Gasteiger partial charge in [-0.15, -0.1) is 0 Å². The monoisotopic (exact) mass is 1230 g/mol. The summed E-state index contributed by atoms with van der Waals surface area (Å²) in [4.78, 5) is 171. The molecule has 0 aliphatic rings. The number of aliphatic carboxylic acids is 1. The molecule has 87 heavy (non-hydrogen) atoms. The smallest absolute Gasteiger partial charge is 0.312 e. The van der Waals surface area contributed by atoms with Gasteiger partial charge in [0.15, 0.2) is 5.96 Å². The highest BCUT2D eigenvalue weighted by Gasteiger charge is 2.37. The van der Waals surface area contributed by atoms with E-state index < -0.39 is 132 Å². The maximum atomic E-state index is 14.2. The van der Waals surface area contributed by atoms with Crippen LogP contribution in [0, 0.1) is 29.1 Å². The Morgan fingerprint density at radius 1 is 0.598 bits per heavy atom. The Bertz CT molecular complexity index is 2560. The van der Waals surface area contributed by atoms with Gasteiger partial charge in [0.25, 0.3) is 5.91 Å². The van der Waals surface area contributed by atoms with E-state index in [1.807, 2.05) is 13.8 Å². The van der Waals surface area contributed by atoms with E-state index in [2.05, 4.69) is 63.8 Å². The summed E-state index contributed by atoms with van der Waals surface area (Å²) in [5, 5.41) is 47.4. The minimum Gasteiger partial charge on any atom is -0.481 e. The molecule has 0 aromatic heterocycles. The number of carbonyl (C=O) groups excluding carboxylic acids is 12. The second-order valence-corrected chi connectivity index (χ2v) is 23.1. The molecular weight excluding hydrogens is 1130 g/mol. The van der Waals surface area contributed by atoms with E-state index >= 15 is 0 Å². The first-order valence-corrected chi connectivity index (χ1v) is 29.1. The van der Waals surface area contributed by atoms with Crippen molar-refractivity contribution in [2.45, 2.75) is 182 Å². The Kier molecular flexibility index (Phi) is 34.0. The summed E-state index contributed by atoms with van der Waals surface area (Å²) < 4.78 is 5.49. The number of benzene rings is 1. The molecule has 12 amide bonds. The number of Topliss-reactive ketones (excluding diaryl/α,β-unsaturated/α-hetero) is 1. The maximum Gasteiger partial charge on any atom is 0.312 e. The third-order valence-corrected chi connectivity index (χ3v) is 12.9. The predicted octanol–water partition coefficient (Wildman–Crippen LogP) is -0.750. The van der Waals surface area contributed by atoms with Crippen molar-refractivity contribution >= 4 is 88.5 Å². The molecule has 1 aromatic rings. The third kappa shape index (κ3) is 31.0. The molecule has 30 nitrogen and oxygen atoms in total. The number of hydrogen-bond donors (Lipinski definition) is 16. The number of urea groups is 1. The second kappa shape index (κ2) is 38.6. The number of anilines is 1. The second-order valence-electron chi connectivity index (χ2n) is 23.1.